The molecule has 6 aromatic carbocycles. The van der Waals surface area contributed by atoms with Gasteiger partial charge in [-0.2, -0.15) is 0 Å². The fourth-order valence-electron chi connectivity index (χ4n) is 6.90. The van der Waals surface area contributed by atoms with E-state index in [1.54, 1.807) is 0 Å². The van der Waals surface area contributed by atoms with E-state index in [0.717, 1.165) is 77.2 Å². The molecule has 48 heavy (non-hydrogen) atoms. The lowest BCUT2D eigenvalue weighted by atomic mass is 9.88. The first-order chi connectivity index (χ1) is 23.8. The first-order valence-corrected chi connectivity index (χ1v) is 15.9. The summed E-state index contributed by atoms with van der Waals surface area (Å²) in [5.41, 5.74) is 8.33. The predicted molar refractivity (Wildman–Crippen MR) is 193 cm³/mol. The second-order valence-electron chi connectivity index (χ2n) is 11.9. The summed E-state index contributed by atoms with van der Waals surface area (Å²) in [6.45, 7) is 0. The maximum Gasteiger partial charge on any atom is 0.232 e. The molecule has 4 heterocycles. The van der Waals surface area contributed by atoms with Crippen molar-refractivity contribution in [2.24, 2.45) is 0 Å². The van der Waals surface area contributed by atoms with Gasteiger partial charge in [0.25, 0.3) is 0 Å². The zero-order chi connectivity index (χ0) is 31.6. The number of pyridine rings is 1. The average molecular weight is 616 g/mol. The van der Waals surface area contributed by atoms with Gasteiger partial charge in [0.15, 0.2) is 17.5 Å². The van der Waals surface area contributed by atoms with Gasteiger partial charge in [-0.15, -0.1) is 0 Å². The smallest absolute Gasteiger partial charge is 0.232 e. The van der Waals surface area contributed by atoms with Gasteiger partial charge in [0, 0.05) is 28.3 Å². The Morgan fingerprint density at radius 1 is 0.396 bits per heavy atom. The summed E-state index contributed by atoms with van der Waals surface area (Å²) in [7, 11) is 0. The van der Waals surface area contributed by atoms with Gasteiger partial charge in [0.2, 0.25) is 5.71 Å². The fraction of sp³-hybridized carbons (Fsp3) is 0. The van der Waals surface area contributed by atoms with E-state index in [9.17, 15) is 0 Å². The Morgan fingerprint density at radius 2 is 0.896 bits per heavy atom. The highest BCUT2D eigenvalue weighted by molar-refractivity contribution is 6.21. The number of fused-ring (bicyclic) bond motifs is 7. The highest BCUT2D eigenvalue weighted by Gasteiger charge is 2.21. The molecule has 0 spiro atoms. The zero-order valence-electron chi connectivity index (χ0n) is 25.6. The molecule has 10 aromatic rings. The lowest BCUT2D eigenvalue weighted by molar-refractivity contribution is 0.649. The SMILES string of the molecule is c1ccc(-c2nc(-c3ccccc3)nc(-c3c4ccccc4c(-c4ccc5nc6c7ccccc7oc6n5c4)c4ccccc34)n2)cc1. The van der Waals surface area contributed by atoms with E-state index in [1.165, 1.54) is 0 Å². The van der Waals surface area contributed by atoms with E-state index < -0.39 is 0 Å². The molecule has 0 bridgehead atoms. The molecule has 224 valence electrons. The molecule has 0 aliphatic rings. The Hall–Kier alpha value is -6.66. The van der Waals surface area contributed by atoms with Crippen molar-refractivity contribution in [1.82, 2.24) is 24.3 Å². The van der Waals surface area contributed by atoms with Gasteiger partial charge >= 0.3 is 0 Å². The van der Waals surface area contributed by atoms with E-state index in [0.29, 0.717) is 17.5 Å². The number of benzene rings is 6. The summed E-state index contributed by atoms with van der Waals surface area (Å²) in [4.78, 5) is 20.2. The second-order valence-corrected chi connectivity index (χ2v) is 11.9. The summed E-state index contributed by atoms with van der Waals surface area (Å²) < 4.78 is 8.38. The minimum Gasteiger partial charge on any atom is -0.437 e. The summed E-state index contributed by atoms with van der Waals surface area (Å²) in [5.74, 6) is 1.91. The molecule has 0 aliphatic carbocycles. The van der Waals surface area contributed by atoms with Crippen molar-refractivity contribution >= 4 is 49.4 Å². The number of imidazole rings is 1. The number of hydrogen-bond acceptors (Lipinski definition) is 5. The third-order valence-electron chi connectivity index (χ3n) is 9.07. The van der Waals surface area contributed by atoms with Gasteiger partial charge in [-0.05, 0) is 56.9 Å². The maximum absolute atomic E-state index is 6.32. The molecule has 6 nitrogen and oxygen atoms in total. The Labute approximate surface area is 274 Å². The van der Waals surface area contributed by atoms with Gasteiger partial charge in [-0.1, -0.05) is 121 Å². The van der Waals surface area contributed by atoms with Crippen LogP contribution >= 0.6 is 0 Å². The molecule has 0 amide bonds. The van der Waals surface area contributed by atoms with Crippen LogP contribution in [0.1, 0.15) is 0 Å². The summed E-state index contributed by atoms with van der Waals surface area (Å²) >= 11 is 0. The number of para-hydroxylation sites is 1. The Bertz CT molecular complexity index is 2720. The van der Waals surface area contributed by atoms with Gasteiger partial charge in [-0.25, -0.2) is 19.9 Å². The highest BCUT2D eigenvalue weighted by Crippen LogP contribution is 2.43. The number of rotatable bonds is 4. The molecule has 6 heteroatoms. The normalized spacial score (nSPS) is 11.8. The molecular formula is C42H25N5O. The van der Waals surface area contributed by atoms with E-state index >= 15 is 0 Å². The van der Waals surface area contributed by atoms with Gasteiger partial charge < -0.3 is 4.42 Å². The molecule has 4 aromatic heterocycles. The van der Waals surface area contributed by atoms with E-state index in [4.69, 9.17) is 24.4 Å². The van der Waals surface area contributed by atoms with Crippen molar-refractivity contribution in [3.63, 3.8) is 0 Å². The number of aromatic nitrogens is 5. The largest absolute Gasteiger partial charge is 0.437 e. The van der Waals surface area contributed by atoms with Gasteiger partial charge in [-0.3, -0.25) is 4.40 Å². The molecule has 0 aliphatic heterocycles. The van der Waals surface area contributed by atoms with E-state index in [2.05, 4.69) is 77.3 Å². The molecule has 10 rings (SSSR count). The van der Waals surface area contributed by atoms with E-state index in [1.807, 2.05) is 78.9 Å². The van der Waals surface area contributed by atoms with Crippen LogP contribution < -0.4 is 0 Å². The Morgan fingerprint density at radius 3 is 1.50 bits per heavy atom. The van der Waals surface area contributed by atoms with Gasteiger partial charge in [0.05, 0.1) is 0 Å². The molecule has 0 saturated heterocycles. The van der Waals surface area contributed by atoms with Crippen LogP contribution in [0.5, 0.6) is 0 Å². The maximum atomic E-state index is 6.32. The first kappa shape index (κ1) is 26.5. The minimum atomic E-state index is 0.635. The van der Waals surface area contributed by atoms with Crippen molar-refractivity contribution in [2.75, 3.05) is 0 Å². The third-order valence-corrected chi connectivity index (χ3v) is 9.07. The molecule has 0 saturated carbocycles. The molecule has 0 atom stereocenters. The lowest BCUT2D eigenvalue weighted by Crippen LogP contribution is -2.01. The van der Waals surface area contributed by atoms with Crippen molar-refractivity contribution < 1.29 is 4.42 Å². The number of nitrogens with zero attached hydrogens (tertiary/aromatic N) is 5. The summed E-state index contributed by atoms with van der Waals surface area (Å²) in [6, 6.07) is 49.5. The van der Waals surface area contributed by atoms with Crippen LogP contribution in [-0.2, 0) is 0 Å². The fourth-order valence-corrected chi connectivity index (χ4v) is 6.90. The van der Waals surface area contributed by atoms with Crippen molar-refractivity contribution in [2.45, 2.75) is 0 Å². The quantitative estimate of drug-likeness (QED) is 0.184. The first-order valence-electron chi connectivity index (χ1n) is 15.9. The Kier molecular flexibility index (Phi) is 5.77. The van der Waals surface area contributed by atoms with E-state index in [-0.39, 0.29) is 0 Å². The van der Waals surface area contributed by atoms with Crippen molar-refractivity contribution in [3.8, 4) is 45.3 Å². The number of furan rings is 1. The van der Waals surface area contributed by atoms with Crippen LogP contribution in [0.3, 0.4) is 0 Å². The van der Waals surface area contributed by atoms with Crippen LogP contribution in [-0.4, -0.2) is 24.3 Å². The van der Waals surface area contributed by atoms with Crippen LogP contribution in [0.15, 0.2) is 156 Å². The number of hydrogen-bond donors (Lipinski definition) is 0. The molecule has 0 fully saturated rings. The molecule has 0 radical (unpaired) electrons. The predicted octanol–water partition coefficient (Wildman–Crippen LogP) is 10.4. The van der Waals surface area contributed by atoms with Crippen LogP contribution in [0.4, 0.5) is 0 Å². The van der Waals surface area contributed by atoms with Gasteiger partial charge in [0.1, 0.15) is 16.7 Å². The highest BCUT2D eigenvalue weighted by atomic mass is 16.3. The van der Waals surface area contributed by atoms with Crippen molar-refractivity contribution in [3.05, 3.63) is 152 Å². The molecular weight excluding hydrogens is 590 g/mol. The summed E-state index contributed by atoms with van der Waals surface area (Å²) in [6.07, 6.45) is 2.14. The Balaban J connectivity index is 1.27. The van der Waals surface area contributed by atoms with Crippen LogP contribution in [0.2, 0.25) is 0 Å². The second kappa shape index (κ2) is 10.4. The van der Waals surface area contributed by atoms with Crippen LogP contribution in [0, 0.1) is 0 Å². The molecule has 0 unspecified atom stereocenters. The average Bonchev–Trinajstić information content (AvgIpc) is 3.70. The lowest BCUT2D eigenvalue weighted by Gasteiger charge is -2.17. The van der Waals surface area contributed by atoms with Crippen molar-refractivity contribution in [1.29, 1.82) is 0 Å². The summed E-state index contributed by atoms with van der Waals surface area (Å²) in [5, 5.41) is 5.36. The minimum absolute atomic E-state index is 0.635. The molecule has 0 N–H and O–H groups in total. The monoisotopic (exact) mass is 615 g/mol. The topological polar surface area (TPSA) is 69.1 Å². The third kappa shape index (κ3) is 4.06. The standard InChI is InChI=1S/C42H25N5O/c1-3-13-26(14-4-1)39-44-40(27-15-5-2-6-16-27)46-41(45-39)37-31-19-9-7-17-29(31)36(30-18-8-10-20-32(30)37)28-23-24-35-43-38-33-21-11-12-22-34(33)48-42(38)47(35)25-28/h1-25H. The zero-order valence-corrected chi connectivity index (χ0v) is 25.6. The van der Waals surface area contributed by atoms with Crippen LogP contribution in [0.25, 0.3) is 94.7 Å².